The van der Waals surface area contributed by atoms with Gasteiger partial charge in [-0.15, -0.1) is 10.2 Å². The highest BCUT2D eigenvalue weighted by atomic mass is 35.7. The van der Waals surface area contributed by atoms with Crippen LogP contribution in [0.2, 0.25) is 0 Å². The molecule has 1 aromatic heterocycles. The van der Waals surface area contributed by atoms with Gasteiger partial charge in [0, 0.05) is 22.8 Å². The van der Waals surface area contributed by atoms with E-state index in [0.29, 0.717) is 12.4 Å². The zero-order valence-electron chi connectivity index (χ0n) is 11.5. The van der Waals surface area contributed by atoms with Gasteiger partial charge in [-0.25, -0.2) is 8.42 Å². The molecule has 1 heterocycles. The number of aromatic nitrogens is 3. The molecular weight excluding hydrogens is 298 g/mol. The van der Waals surface area contributed by atoms with Gasteiger partial charge in [0.15, 0.2) is 5.82 Å². The van der Waals surface area contributed by atoms with Crippen LogP contribution < -0.4 is 0 Å². The summed E-state index contributed by atoms with van der Waals surface area (Å²) in [5.74, 6) is 0.758. The van der Waals surface area contributed by atoms with Crippen LogP contribution in [0.3, 0.4) is 0 Å². The summed E-state index contributed by atoms with van der Waals surface area (Å²) >= 11 is 0. The fraction of sp³-hybridized carbons (Fsp3) is 0.385. The Morgan fingerprint density at radius 3 is 2.55 bits per heavy atom. The van der Waals surface area contributed by atoms with Gasteiger partial charge in [-0.2, -0.15) is 0 Å². The van der Waals surface area contributed by atoms with Crippen molar-refractivity contribution in [2.75, 3.05) is 0 Å². The number of rotatable bonds is 4. The number of aryl methyl sites for hydroxylation is 1. The van der Waals surface area contributed by atoms with Crippen LogP contribution in [0.1, 0.15) is 19.4 Å². The van der Waals surface area contributed by atoms with Crippen LogP contribution in [0.15, 0.2) is 29.4 Å². The summed E-state index contributed by atoms with van der Waals surface area (Å²) < 4.78 is 24.7. The Kier molecular flexibility index (Phi) is 4.15. The summed E-state index contributed by atoms with van der Waals surface area (Å²) in [4.78, 5) is 0. The standard InChI is InChI=1S/C13H16ClN3O2S/c1-9(2)8-17-12(11-6-4-5-10(3)7-11)15-16-13(17)20(14,18)19/h4-7,9H,8H2,1-3H3. The number of hydrogen-bond donors (Lipinski definition) is 0. The van der Waals surface area contributed by atoms with E-state index in [1.54, 1.807) is 4.57 Å². The average molecular weight is 314 g/mol. The highest BCUT2D eigenvalue weighted by Crippen LogP contribution is 2.24. The molecule has 5 nitrogen and oxygen atoms in total. The predicted molar refractivity (Wildman–Crippen MR) is 78.1 cm³/mol. The van der Waals surface area contributed by atoms with Crippen LogP contribution in [0.4, 0.5) is 0 Å². The van der Waals surface area contributed by atoms with Crippen LogP contribution in [-0.2, 0) is 15.6 Å². The third kappa shape index (κ3) is 3.19. The normalized spacial score (nSPS) is 12.1. The summed E-state index contributed by atoms with van der Waals surface area (Å²) in [6.45, 7) is 6.43. The van der Waals surface area contributed by atoms with Crippen molar-refractivity contribution in [2.24, 2.45) is 5.92 Å². The van der Waals surface area contributed by atoms with Crippen LogP contribution in [0.25, 0.3) is 11.4 Å². The first kappa shape index (κ1) is 15.0. The second kappa shape index (κ2) is 5.54. The van der Waals surface area contributed by atoms with Crippen LogP contribution >= 0.6 is 10.7 Å². The van der Waals surface area contributed by atoms with E-state index < -0.39 is 9.05 Å². The van der Waals surface area contributed by atoms with Gasteiger partial charge < -0.3 is 0 Å². The Bertz CT molecular complexity index is 723. The van der Waals surface area contributed by atoms with E-state index in [0.717, 1.165) is 11.1 Å². The lowest BCUT2D eigenvalue weighted by Gasteiger charge is -2.11. The lowest BCUT2D eigenvalue weighted by atomic mass is 10.1. The number of hydrogen-bond acceptors (Lipinski definition) is 4. The highest BCUT2D eigenvalue weighted by Gasteiger charge is 2.23. The molecule has 0 N–H and O–H groups in total. The topological polar surface area (TPSA) is 64.8 Å². The van der Waals surface area contributed by atoms with Crippen molar-refractivity contribution in [3.63, 3.8) is 0 Å². The van der Waals surface area contributed by atoms with Crippen molar-refractivity contribution in [1.82, 2.24) is 14.8 Å². The molecule has 20 heavy (non-hydrogen) atoms. The molecule has 108 valence electrons. The van der Waals surface area contributed by atoms with Gasteiger partial charge in [0.2, 0.25) is 0 Å². The first-order valence-electron chi connectivity index (χ1n) is 6.24. The molecule has 0 radical (unpaired) electrons. The summed E-state index contributed by atoms with van der Waals surface area (Å²) in [7, 11) is 1.51. The molecule has 0 aliphatic rings. The first-order valence-corrected chi connectivity index (χ1v) is 8.55. The Labute approximate surface area is 123 Å². The third-order valence-corrected chi connectivity index (χ3v) is 3.91. The molecule has 7 heteroatoms. The minimum atomic E-state index is -3.91. The molecular formula is C13H16ClN3O2S. The average Bonchev–Trinajstić information content (AvgIpc) is 2.71. The number of nitrogens with zero attached hydrogens (tertiary/aromatic N) is 3. The van der Waals surface area contributed by atoms with Crippen LogP contribution in [-0.4, -0.2) is 23.2 Å². The Morgan fingerprint density at radius 1 is 1.30 bits per heavy atom. The molecule has 2 aromatic rings. The van der Waals surface area contributed by atoms with Gasteiger partial charge in [-0.3, -0.25) is 4.57 Å². The highest BCUT2D eigenvalue weighted by molar-refractivity contribution is 8.13. The molecule has 0 atom stereocenters. The zero-order valence-corrected chi connectivity index (χ0v) is 13.1. The zero-order chi connectivity index (χ0) is 14.9. The van der Waals surface area contributed by atoms with Gasteiger partial charge in [-0.05, 0) is 18.9 Å². The summed E-state index contributed by atoms with van der Waals surface area (Å²) in [5, 5.41) is 7.53. The molecule has 0 saturated heterocycles. The molecule has 1 aromatic carbocycles. The van der Waals surface area contributed by atoms with Crippen molar-refractivity contribution in [2.45, 2.75) is 32.5 Å². The van der Waals surface area contributed by atoms with Crippen molar-refractivity contribution in [1.29, 1.82) is 0 Å². The lowest BCUT2D eigenvalue weighted by Crippen LogP contribution is -2.11. The third-order valence-electron chi connectivity index (χ3n) is 2.76. The van der Waals surface area contributed by atoms with E-state index in [-0.39, 0.29) is 11.1 Å². The van der Waals surface area contributed by atoms with Crippen molar-refractivity contribution >= 4 is 19.7 Å². The quantitative estimate of drug-likeness (QED) is 0.814. The Hall–Kier alpha value is -1.40. The van der Waals surface area contributed by atoms with Crippen LogP contribution in [0.5, 0.6) is 0 Å². The van der Waals surface area contributed by atoms with E-state index in [1.165, 1.54) is 0 Å². The van der Waals surface area contributed by atoms with Crippen molar-refractivity contribution in [3.8, 4) is 11.4 Å². The van der Waals surface area contributed by atoms with E-state index in [4.69, 9.17) is 10.7 Å². The largest absolute Gasteiger partial charge is 0.297 e. The second-order valence-corrected chi connectivity index (χ2v) is 7.58. The van der Waals surface area contributed by atoms with Gasteiger partial charge in [0.25, 0.3) is 14.2 Å². The Balaban J connectivity index is 2.62. The van der Waals surface area contributed by atoms with E-state index >= 15 is 0 Å². The fourth-order valence-corrected chi connectivity index (χ4v) is 2.90. The van der Waals surface area contributed by atoms with Gasteiger partial charge in [0.05, 0.1) is 0 Å². The van der Waals surface area contributed by atoms with E-state index in [9.17, 15) is 8.42 Å². The molecule has 0 aliphatic heterocycles. The fourth-order valence-electron chi connectivity index (χ4n) is 2.00. The van der Waals surface area contributed by atoms with Gasteiger partial charge >= 0.3 is 0 Å². The van der Waals surface area contributed by atoms with Gasteiger partial charge in [0.1, 0.15) is 0 Å². The SMILES string of the molecule is Cc1cccc(-c2nnc(S(=O)(=O)Cl)n2CC(C)C)c1. The molecule has 0 fully saturated rings. The molecule has 0 bridgehead atoms. The first-order chi connectivity index (χ1) is 9.29. The minimum Gasteiger partial charge on any atom is -0.297 e. The molecule has 0 spiro atoms. The molecule has 0 saturated carbocycles. The monoisotopic (exact) mass is 313 g/mol. The summed E-state index contributed by atoms with van der Waals surface area (Å²) in [6.07, 6.45) is 0. The lowest BCUT2D eigenvalue weighted by molar-refractivity contribution is 0.488. The van der Waals surface area contributed by atoms with E-state index in [1.807, 2.05) is 45.0 Å². The van der Waals surface area contributed by atoms with Gasteiger partial charge in [-0.1, -0.05) is 37.6 Å². The van der Waals surface area contributed by atoms with Crippen molar-refractivity contribution < 1.29 is 8.42 Å². The molecule has 0 aliphatic carbocycles. The number of halogens is 1. The maximum Gasteiger partial charge on any atom is 0.296 e. The number of benzene rings is 1. The maximum atomic E-state index is 11.6. The maximum absolute atomic E-state index is 11.6. The smallest absolute Gasteiger partial charge is 0.296 e. The summed E-state index contributed by atoms with van der Waals surface area (Å²) in [6, 6.07) is 7.67. The molecule has 0 unspecified atom stereocenters. The van der Waals surface area contributed by atoms with Crippen LogP contribution in [0, 0.1) is 12.8 Å². The second-order valence-electron chi connectivity index (χ2n) is 5.12. The molecule has 0 amide bonds. The molecule has 2 rings (SSSR count). The Morgan fingerprint density at radius 2 is 2.00 bits per heavy atom. The van der Waals surface area contributed by atoms with Crippen molar-refractivity contribution in [3.05, 3.63) is 29.8 Å². The van der Waals surface area contributed by atoms with E-state index in [2.05, 4.69) is 10.2 Å². The minimum absolute atomic E-state index is 0.204. The summed E-state index contributed by atoms with van der Waals surface area (Å²) in [5.41, 5.74) is 1.89. The predicted octanol–water partition coefficient (Wildman–Crippen LogP) is 2.84.